The van der Waals surface area contributed by atoms with Crippen molar-refractivity contribution >= 4 is 5.91 Å². The lowest BCUT2D eigenvalue weighted by Gasteiger charge is -2.17. The van der Waals surface area contributed by atoms with Crippen LogP contribution in [0.5, 0.6) is 0 Å². The zero-order valence-corrected chi connectivity index (χ0v) is 10.5. The van der Waals surface area contributed by atoms with Gasteiger partial charge in [0.1, 0.15) is 0 Å². The normalized spacial score (nSPS) is 14.1. The second-order valence-electron chi connectivity index (χ2n) is 4.26. The first-order valence-electron chi connectivity index (χ1n) is 6.11. The maximum Gasteiger partial charge on any atom is 0.237 e. The molecule has 94 valence electrons. The quantitative estimate of drug-likeness (QED) is 0.789. The van der Waals surface area contributed by atoms with Crippen LogP contribution in [0, 0.1) is 0 Å². The van der Waals surface area contributed by atoms with E-state index < -0.39 is 6.04 Å². The summed E-state index contributed by atoms with van der Waals surface area (Å²) in [7, 11) is 0. The minimum absolute atomic E-state index is 0.0295. The van der Waals surface area contributed by atoms with Crippen molar-refractivity contribution in [3.63, 3.8) is 0 Å². The molecule has 4 heteroatoms. The van der Waals surface area contributed by atoms with E-state index in [0.29, 0.717) is 0 Å². The molecule has 1 heterocycles. The largest absolute Gasteiger partial charge is 0.348 e. The third kappa shape index (κ3) is 4.53. The van der Waals surface area contributed by atoms with Crippen molar-refractivity contribution in [1.29, 1.82) is 0 Å². The standard InChI is InChI=1S/C13H21N3O/c1-3-4-5-12(14)13(17)16-10(2)11-6-8-15-9-7-11/h6-10,12H,3-5,14H2,1-2H3,(H,16,17). The fourth-order valence-corrected chi connectivity index (χ4v) is 1.61. The highest BCUT2D eigenvalue weighted by molar-refractivity contribution is 5.81. The monoisotopic (exact) mass is 235 g/mol. The number of pyridine rings is 1. The first kappa shape index (κ1) is 13.6. The number of carbonyl (C=O) groups excluding carboxylic acids is 1. The lowest BCUT2D eigenvalue weighted by molar-refractivity contribution is -0.123. The molecule has 0 bridgehead atoms. The summed E-state index contributed by atoms with van der Waals surface area (Å²) < 4.78 is 0. The average molecular weight is 235 g/mol. The van der Waals surface area contributed by atoms with Gasteiger partial charge in [0.15, 0.2) is 0 Å². The summed E-state index contributed by atoms with van der Waals surface area (Å²) in [4.78, 5) is 15.7. The predicted molar refractivity (Wildman–Crippen MR) is 68.3 cm³/mol. The number of hydrogen-bond donors (Lipinski definition) is 2. The molecular formula is C13H21N3O. The number of carbonyl (C=O) groups is 1. The summed E-state index contributed by atoms with van der Waals surface area (Å²) in [5, 5.41) is 2.91. The van der Waals surface area contributed by atoms with Crippen molar-refractivity contribution < 1.29 is 4.79 Å². The zero-order chi connectivity index (χ0) is 12.7. The van der Waals surface area contributed by atoms with E-state index in [0.717, 1.165) is 24.8 Å². The molecule has 0 spiro atoms. The molecule has 0 aliphatic carbocycles. The molecule has 1 rings (SSSR count). The van der Waals surface area contributed by atoms with Crippen LogP contribution in [0.4, 0.5) is 0 Å². The molecule has 0 saturated heterocycles. The maximum absolute atomic E-state index is 11.8. The topological polar surface area (TPSA) is 68.0 Å². The van der Waals surface area contributed by atoms with Gasteiger partial charge in [0.05, 0.1) is 12.1 Å². The molecule has 0 aliphatic rings. The smallest absolute Gasteiger partial charge is 0.237 e. The molecule has 4 nitrogen and oxygen atoms in total. The van der Waals surface area contributed by atoms with Crippen LogP contribution < -0.4 is 11.1 Å². The molecule has 2 unspecified atom stereocenters. The number of nitrogens with one attached hydrogen (secondary N) is 1. The van der Waals surface area contributed by atoms with E-state index >= 15 is 0 Å². The van der Waals surface area contributed by atoms with Crippen LogP contribution in [0.3, 0.4) is 0 Å². The van der Waals surface area contributed by atoms with Crippen molar-refractivity contribution in [3.8, 4) is 0 Å². The number of hydrogen-bond acceptors (Lipinski definition) is 3. The van der Waals surface area contributed by atoms with E-state index in [1.165, 1.54) is 0 Å². The van der Waals surface area contributed by atoms with Crippen LogP contribution in [0.2, 0.25) is 0 Å². The maximum atomic E-state index is 11.8. The van der Waals surface area contributed by atoms with Gasteiger partial charge in [0.2, 0.25) is 5.91 Å². The molecule has 1 aromatic heterocycles. The number of rotatable bonds is 6. The summed E-state index contributed by atoms with van der Waals surface area (Å²) in [6.07, 6.45) is 6.22. The van der Waals surface area contributed by atoms with Crippen LogP contribution in [0.25, 0.3) is 0 Å². The first-order valence-corrected chi connectivity index (χ1v) is 6.11. The summed E-state index contributed by atoms with van der Waals surface area (Å²) >= 11 is 0. The third-order valence-electron chi connectivity index (χ3n) is 2.77. The highest BCUT2D eigenvalue weighted by atomic mass is 16.2. The molecule has 17 heavy (non-hydrogen) atoms. The van der Waals surface area contributed by atoms with Crippen LogP contribution in [0.15, 0.2) is 24.5 Å². The zero-order valence-electron chi connectivity index (χ0n) is 10.5. The predicted octanol–water partition coefficient (Wildman–Crippen LogP) is 1.78. The van der Waals surface area contributed by atoms with Gasteiger partial charge in [-0.3, -0.25) is 9.78 Å². The van der Waals surface area contributed by atoms with E-state index in [1.807, 2.05) is 19.1 Å². The van der Waals surface area contributed by atoms with Crippen molar-refractivity contribution in [2.24, 2.45) is 5.73 Å². The average Bonchev–Trinajstić information content (AvgIpc) is 2.36. The van der Waals surface area contributed by atoms with Gasteiger partial charge < -0.3 is 11.1 Å². The Labute approximate surface area is 103 Å². The number of unbranched alkanes of at least 4 members (excludes halogenated alkanes) is 1. The molecule has 0 aromatic carbocycles. The van der Waals surface area contributed by atoms with Gasteiger partial charge in [-0.1, -0.05) is 19.8 Å². The Morgan fingerprint density at radius 3 is 2.71 bits per heavy atom. The molecule has 0 radical (unpaired) electrons. The van der Waals surface area contributed by atoms with Gasteiger partial charge >= 0.3 is 0 Å². The van der Waals surface area contributed by atoms with Crippen molar-refractivity contribution in [1.82, 2.24) is 10.3 Å². The summed E-state index contributed by atoms with van der Waals surface area (Å²) in [5.74, 6) is -0.0808. The number of aromatic nitrogens is 1. The molecule has 0 fully saturated rings. The Kier molecular flexibility index (Phi) is 5.63. The Balaban J connectivity index is 2.46. The van der Waals surface area contributed by atoms with Crippen molar-refractivity contribution in [3.05, 3.63) is 30.1 Å². The second-order valence-corrected chi connectivity index (χ2v) is 4.26. The second kappa shape index (κ2) is 7.01. The molecule has 3 N–H and O–H groups in total. The highest BCUT2D eigenvalue weighted by Gasteiger charge is 2.15. The van der Waals surface area contributed by atoms with Crippen molar-refractivity contribution in [2.75, 3.05) is 0 Å². The Morgan fingerprint density at radius 2 is 2.12 bits per heavy atom. The summed E-state index contributed by atoms with van der Waals surface area (Å²) in [6.45, 7) is 4.03. The molecule has 1 aromatic rings. The van der Waals surface area contributed by atoms with E-state index in [-0.39, 0.29) is 11.9 Å². The Hall–Kier alpha value is -1.42. The molecular weight excluding hydrogens is 214 g/mol. The van der Waals surface area contributed by atoms with E-state index in [1.54, 1.807) is 12.4 Å². The summed E-state index contributed by atoms with van der Waals surface area (Å²) in [5.41, 5.74) is 6.84. The number of amides is 1. The molecule has 2 atom stereocenters. The molecule has 0 saturated carbocycles. The summed E-state index contributed by atoms with van der Waals surface area (Å²) in [6, 6.07) is 3.35. The molecule has 0 aliphatic heterocycles. The van der Waals surface area contributed by atoms with Crippen LogP contribution in [0.1, 0.15) is 44.7 Å². The minimum atomic E-state index is -0.403. The lowest BCUT2D eigenvalue weighted by Crippen LogP contribution is -2.41. The van der Waals surface area contributed by atoms with Crippen molar-refractivity contribution in [2.45, 2.75) is 45.2 Å². The molecule has 1 amide bonds. The van der Waals surface area contributed by atoms with E-state index in [4.69, 9.17) is 5.73 Å². The van der Waals surface area contributed by atoms with Gasteiger partial charge in [-0.25, -0.2) is 0 Å². The van der Waals surface area contributed by atoms with Crippen LogP contribution in [-0.4, -0.2) is 16.9 Å². The van der Waals surface area contributed by atoms with Gasteiger partial charge in [0.25, 0.3) is 0 Å². The Bertz CT molecular complexity index is 340. The fraction of sp³-hybridized carbons (Fsp3) is 0.538. The Morgan fingerprint density at radius 1 is 1.47 bits per heavy atom. The van der Waals surface area contributed by atoms with Gasteiger partial charge in [-0.05, 0) is 31.0 Å². The van der Waals surface area contributed by atoms with Gasteiger partial charge in [-0.2, -0.15) is 0 Å². The van der Waals surface area contributed by atoms with E-state index in [2.05, 4.69) is 17.2 Å². The number of nitrogens with zero attached hydrogens (tertiary/aromatic N) is 1. The van der Waals surface area contributed by atoms with Crippen LogP contribution in [-0.2, 0) is 4.79 Å². The SMILES string of the molecule is CCCCC(N)C(=O)NC(C)c1ccncc1. The highest BCUT2D eigenvalue weighted by Crippen LogP contribution is 2.10. The van der Waals surface area contributed by atoms with Gasteiger partial charge in [-0.15, -0.1) is 0 Å². The number of nitrogens with two attached hydrogens (primary N) is 1. The minimum Gasteiger partial charge on any atom is -0.348 e. The first-order chi connectivity index (χ1) is 8.15. The fourth-order valence-electron chi connectivity index (χ4n) is 1.61. The van der Waals surface area contributed by atoms with Gasteiger partial charge in [0, 0.05) is 12.4 Å². The van der Waals surface area contributed by atoms with Crippen LogP contribution >= 0.6 is 0 Å². The lowest BCUT2D eigenvalue weighted by atomic mass is 10.1. The van der Waals surface area contributed by atoms with E-state index in [9.17, 15) is 4.79 Å². The third-order valence-corrected chi connectivity index (χ3v) is 2.77.